The number of sulfonamides is 1. The van der Waals surface area contributed by atoms with E-state index >= 15 is 0 Å². The van der Waals surface area contributed by atoms with Crippen LogP contribution in [0.25, 0.3) is 5.69 Å². The molecule has 0 saturated carbocycles. The number of ether oxygens (including phenoxy) is 1. The first-order chi connectivity index (χ1) is 17.9. The highest BCUT2D eigenvalue weighted by atomic mass is 32.2. The van der Waals surface area contributed by atoms with Crippen LogP contribution in [-0.2, 0) is 10.0 Å². The van der Waals surface area contributed by atoms with Gasteiger partial charge in [0.1, 0.15) is 10.6 Å². The number of carbonyl (C=O) groups excluding carboxylic acids is 1. The summed E-state index contributed by atoms with van der Waals surface area (Å²) >= 11 is 0. The van der Waals surface area contributed by atoms with Crippen LogP contribution < -0.4 is 14.8 Å². The van der Waals surface area contributed by atoms with Gasteiger partial charge in [0, 0.05) is 30.3 Å². The second-order valence-corrected chi connectivity index (χ2v) is 10.8. The summed E-state index contributed by atoms with van der Waals surface area (Å²) in [5.74, 6) is -0.413. The molecule has 0 bridgehead atoms. The van der Waals surface area contributed by atoms with Gasteiger partial charge in [-0.3, -0.25) is 14.9 Å². The minimum Gasteiger partial charge on any atom is -0.437 e. The Morgan fingerprint density at radius 3 is 2.50 bits per heavy atom. The molecule has 2 N–H and O–H groups in total. The van der Waals surface area contributed by atoms with Crippen molar-refractivity contribution in [3.63, 3.8) is 0 Å². The molecule has 11 nitrogen and oxygen atoms in total. The highest BCUT2D eigenvalue weighted by molar-refractivity contribution is 7.89. The molecule has 2 aromatic carbocycles. The minimum atomic E-state index is -4.19. The molecule has 3 rings (SSSR count). The van der Waals surface area contributed by atoms with Gasteiger partial charge >= 0.3 is 0 Å². The summed E-state index contributed by atoms with van der Waals surface area (Å²) in [6, 6.07) is 8.54. The molecule has 0 saturated heterocycles. The number of nitrogens with one attached hydrogen (secondary N) is 2. The average molecular weight is 544 g/mol. The first-order valence-electron chi connectivity index (χ1n) is 12.3. The lowest BCUT2D eigenvalue weighted by Gasteiger charge is -2.17. The third-order valence-electron chi connectivity index (χ3n) is 6.23. The molecule has 1 atom stereocenters. The fourth-order valence-electron chi connectivity index (χ4n) is 3.69. The Kier molecular flexibility index (Phi) is 8.89. The Morgan fingerprint density at radius 1 is 1.16 bits per heavy atom. The average Bonchev–Trinajstić information content (AvgIpc) is 3.19. The van der Waals surface area contributed by atoms with Gasteiger partial charge in [0.25, 0.3) is 11.6 Å². The summed E-state index contributed by atoms with van der Waals surface area (Å²) in [5, 5.41) is 18.8. The van der Waals surface area contributed by atoms with E-state index in [0.29, 0.717) is 24.2 Å². The highest BCUT2D eigenvalue weighted by Crippen LogP contribution is 2.36. The summed E-state index contributed by atoms with van der Waals surface area (Å²) in [5.41, 5.74) is 2.61. The zero-order valence-electron chi connectivity index (χ0n) is 22.4. The Labute approximate surface area is 222 Å². The molecule has 0 unspecified atom stereocenters. The maximum Gasteiger partial charge on any atom is 0.272 e. The van der Waals surface area contributed by atoms with Gasteiger partial charge in [-0.05, 0) is 63.8 Å². The van der Waals surface area contributed by atoms with Gasteiger partial charge in [0.2, 0.25) is 15.9 Å². The number of aryl methyl sites for hydroxylation is 1. The number of aromatic nitrogens is 2. The molecule has 1 heterocycles. The zero-order valence-corrected chi connectivity index (χ0v) is 23.2. The van der Waals surface area contributed by atoms with Crippen LogP contribution in [0.3, 0.4) is 0 Å². The number of hydrogen-bond donors (Lipinski definition) is 2. The van der Waals surface area contributed by atoms with Crippen molar-refractivity contribution >= 4 is 21.6 Å². The number of amides is 1. The first-order valence-corrected chi connectivity index (χ1v) is 13.8. The molecule has 38 heavy (non-hydrogen) atoms. The molecular formula is C26H33N5O6S. The van der Waals surface area contributed by atoms with E-state index in [-0.39, 0.29) is 17.3 Å². The molecule has 204 valence electrons. The van der Waals surface area contributed by atoms with Crippen molar-refractivity contribution in [2.24, 2.45) is 0 Å². The monoisotopic (exact) mass is 543 g/mol. The lowest BCUT2D eigenvalue weighted by atomic mass is 10.1. The number of nitro groups is 1. The summed E-state index contributed by atoms with van der Waals surface area (Å²) in [6.07, 6.45) is 1.25. The van der Waals surface area contributed by atoms with Gasteiger partial charge < -0.3 is 10.1 Å². The molecule has 3 aromatic rings. The Hall–Kier alpha value is -3.77. The topological polar surface area (TPSA) is 145 Å². The molecule has 0 aliphatic heterocycles. The van der Waals surface area contributed by atoms with E-state index in [4.69, 9.17) is 4.74 Å². The predicted molar refractivity (Wildman–Crippen MR) is 144 cm³/mol. The molecule has 0 aliphatic rings. The zero-order chi connectivity index (χ0) is 28.2. The highest BCUT2D eigenvalue weighted by Gasteiger charge is 2.28. The van der Waals surface area contributed by atoms with Gasteiger partial charge in [-0.1, -0.05) is 26.0 Å². The summed E-state index contributed by atoms with van der Waals surface area (Å²) in [6.45, 7) is 11.4. The number of rotatable bonds is 11. The molecule has 1 amide bonds. The van der Waals surface area contributed by atoms with Crippen LogP contribution in [0.1, 0.15) is 60.8 Å². The Bertz CT molecular complexity index is 1460. The first kappa shape index (κ1) is 28.8. The maximum absolute atomic E-state index is 13.3. The van der Waals surface area contributed by atoms with Crippen molar-refractivity contribution in [2.45, 2.75) is 65.3 Å². The van der Waals surface area contributed by atoms with Crippen molar-refractivity contribution in [3.8, 4) is 17.3 Å². The molecule has 0 radical (unpaired) electrons. The van der Waals surface area contributed by atoms with Crippen molar-refractivity contribution < 1.29 is 22.9 Å². The Morgan fingerprint density at radius 2 is 1.87 bits per heavy atom. The predicted octanol–water partition coefficient (Wildman–Crippen LogP) is 4.71. The molecule has 0 aliphatic carbocycles. The standard InChI is InChI=1S/C26H33N5O6S/c1-7-14-27-25(32)24-19(6)26(30(28-24)21-11-9-10-16(3)18(21)5)37-22-13-12-20(31(33)34)15-23(22)38(35,36)29-17(4)8-2/h9-13,15,17,29H,7-8,14H2,1-6H3,(H,27,32)/t17-/m0/s1. The van der Waals surface area contributed by atoms with Crippen molar-refractivity contribution in [2.75, 3.05) is 6.54 Å². The number of nitrogens with zero attached hydrogens (tertiary/aromatic N) is 3. The van der Waals surface area contributed by atoms with E-state index in [9.17, 15) is 23.3 Å². The van der Waals surface area contributed by atoms with Crippen molar-refractivity contribution in [1.29, 1.82) is 0 Å². The van der Waals surface area contributed by atoms with Crippen LogP contribution in [-0.4, -0.2) is 41.6 Å². The fraction of sp³-hybridized carbons (Fsp3) is 0.385. The van der Waals surface area contributed by atoms with Gasteiger partial charge in [-0.2, -0.15) is 9.78 Å². The molecule has 0 spiro atoms. The van der Waals surface area contributed by atoms with E-state index < -0.39 is 37.5 Å². The lowest BCUT2D eigenvalue weighted by molar-refractivity contribution is -0.385. The van der Waals surface area contributed by atoms with Crippen LogP contribution in [0.15, 0.2) is 41.3 Å². The summed E-state index contributed by atoms with van der Waals surface area (Å²) in [7, 11) is -4.19. The summed E-state index contributed by atoms with van der Waals surface area (Å²) < 4.78 is 36.7. The number of non-ortho nitro benzene ring substituents is 1. The molecule has 1 aromatic heterocycles. The number of nitro benzene ring substituents is 1. The van der Waals surface area contributed by atoms with Crippen LogP contribution in [0, 0.1) is 30.9 Å². The summed E-state index contributed by atoms with van der Waals surface area (Å²) in [4.78, 5) is 23.3. The fourth-order valence-corrected chi connectivity index (χ4v) is 5.16. The van der Waals surface area contributed by atoms with E-state index in [1.165, 1.54) is 16.8 Å². The van der Waals surface area contributed by atoms with Gasteiger partial charge in [-0.15, -0.1) is 0 Å². The van der Waals surface area contributed by atoms with E-state index in [0.717, 1.165) is 23.6 Å². The minimum absolute atomic E-state index is 0.120. The van der Waals surface area contributed by atoms with Crippen LogP contribution in [0.2, 0.25) is 0 Å². The van der Waals surface area contributed by atoms with E-state index in [2.05, 4.69) is 15.1 Å². The SMILES string of the molecule is CCCNC(=O)c1nn(-c2cccc(C)c2C)c(Oc2ccc([N+](=O)[O-])cc2S(=O)(=O)N[C@@H](C)CC)c1C. The second-order valence-electron chi connectivity index (χ2n) is 9.09. The molecule has 0 fully saturated rings. The quantitative estimate of drug-likeness (QED) is 0.263. The molecule has 12 heteroatoms. The normalized spacial score (nSPS) is 12.3. The van der Waals surface area contributed by atoms with E-state index in [1.54, 1.807) is 13.8 Å². The number of hydrogen-bond acceptors (Lipinski definition) is 7. The Balaban J connectivity index is 2.24. The third kappa shape index (κ3) is 6.03. The maximum atomic E-state index is 13.3. The lowest BCUT2D eigenvalue weighted by Crippen LogP contribution is -2.32. The van der Waals surface area contributed by atoms with Crippen LogP contribution >= 0.6 is 0 Å². The van der Waals surface area contributed by atoms with Crippen molar-refractivity contribution in [1.82, 2.24) is 19.8 Å². The second kappa shape index (κ2) is 11.7. The van der Waals surface area contributed by atoms with E-state index in [1.807, 2.05) is 45.9 Å². The third-order valence-corrected chi connectivity index (χ3v) is 7.84. The van der Waals surface area contributed by atoms with Crippen molar-refractivity contribution in [3.05, 3.63) is 68.9 Å². The molecular weight excluding hydrogens is 510 g/mol. The van der Waals surface area contributed by atoms with Crippen LogP contribution in [0.5, 0.6) is 11.6 Å². The van der Waals surface area contributed by atoms with Gasteiger partial charge in [-0.25, -0.2) is 13.1 Å². The number of benzene rings is 2. The smallest absolute Gasteiger partial charge is 0.272 e. The van der Waals surface area contributed by atoms with Gasteiger partial charge in [0.15, 0.2) is 5.69 Å². The van der Waals surface area contributed by atoms with Crippen LogP contribution in [0.4, 0.5) is 5.69 Å². The number of carbonyl (C=O) groups is 1. The van der Waals surface area contributed by atoms with Gasteiger partial charge in [0.05, 0.1) is 10.6 Å². The largest absolute Gasteiger partial charge is 0.437 e.